The molecule has 0 aliphatic rings. The van der Waals surface area contributed by atoms with Crippen molar-refractivity contribution in [3.63, 3.8) is 0 Å². The number of halogens is 2. The topological polar surface area (TPSA) is 98.6 Å². The summed E-state index contributed by atoms with van der Waals surface area (Å²) in [4.78, 5) is 43.1. The Balaban J connectivity index is 2.12. The molecule has 0 saturated heterocycles. The summed E-state index contributed by atoms with van der Waals surface area (Å²) in [7, 11) is 2.72. The van der Waals surface area contributed by atoms with Crippen molar-refractivity contribution in [2.45, 2.75) is 0 Å². The van der Waals surface area contributed by atoms with Gasteiger partial charge in [0.1, 0.15) is 22.3 Å². The highest BCUT2D eigenvalue weighted by Crippen LogP contribution is 2.28. The molecule has 2 aromatic carbocycles. The maximum Gasteiger partial charge on any atom is 0.332 e. The maximum absolute atomic E-state index is 13.4. The predicted octanol–water partition coefficient (Wildman–Crippen LogP) is 3.15. The molecule has 0 fully saturated rings. The normalized spacial score (nSPS) is 11.5. The summed E-state index contributed by atoms with van der Waals surface area (Å²) in [5.41, 5.74) is -1.49. The Morgan fingerprint density at radius 2 is 1.59 bits per heavy atom. The minimum Gasteiger partial charge on any atom is -0.506 e. The fourth-order valence-electron chi connectivity index (χ4n) is 3.39. The Hall–Kier alpha value is -3.62. The highest BCUT2D eigenvalue weighted by Gasteiger charge is 2.22. The van der Waals surface area contributed by atoms with Crippen LogP contribution in [-0.2, 0) is 14.1 Å². The first-order valence-corrected chi connectivity index (χ1v) is 10.1. The van der Waals surface area contributed by atoms with E-state index in [2.05, 4.69) is 4.99 Å². The number of rotatable bonds is 3. The summed E-state index contributed by atoms with van der Waals surface area (Å²) in [6.07, 6.45) is 1.15. The molecule has 8 nitrogen and oxygen atoms in total. The minimum atomic E-state index is -0.741. The van der Waals surface area contributed by atoms with Crippen LogP contribution in [0.2, 0.25) is 10.0 Å². The number of nitrogens with zero attached hydrogens (tertiary/aromatic N) is 4. The van der Waals surface area contributed by atoms with E-state index >= 15 is 0 Å². The number of para-hydroxylation sites is 1. The lowest BCUT2D eigenvalue weighted by molar-refractivity contribution is 0.477. The third-order valence-electron chi connectivity index (χ3n) is 5.03. The van der Waals surface area contributed by atoms with Gasteiger partial charge in [-0.05, 0) is 30.3 Å². The van der Waals surface area contributed by atoms with Crippen LogP contribution in [0.5, 0.6) is 5.75 Å². The van der Waals surface area contributed by atoms with Gasteiger partial charge in [0.2, 0.25) is 0 Å². The Labute approximate surface area is 190 Å². The van der Waals surface area contributed by atoms with Crippen molar-refractivity contribution in [1.82, 2.24) is 13.7 Å². The lowest BCUT2D eigenvalue weighted by atomic mass is 10.1. The van der Waals surface area contributed by atoms with Gasteiger partial charge in [-0.3, -0.25) is 28.3 Å². The van der Waals surface area contributed by atoms with Crippen LogP contribution in [0.3, 0.4) is 0 Å². The highest BCUT2D eigenvalue weighted by molar-refractivity contribution is 6.42. The second-order valence-corrected chi connectivity index (χ2v) is 7.81. The summed E-state index contributed by atoms with van der Waals surface area (Å²) >= 11 is 11.9. The molecule has 1 N–H and O–H groups in total. The number of pyridine rings is 1. The number of benzene rings is 2. The van der Waals surface area contributed by atoms with E-state index in [1.165, 1.54) is 24.7 Å². The van der Waals surface area contributed by atoms with Gasteiger partial charge in [0.05, 0.1) is 21.4 Å². The zero-order chi connectivity index (χ0) is 23.2. The maximum atomic E-state index is 13.4. The van der Waals surface area contributed by atoms with E-state index in [0.717, 1.165) is 15.3 Å². The summed E-state index contributed by atoms with van der Waals surface area (Å²) in [6.45, 7) is 0. The van der Waals surface area contributed by atoms with E-state index in [9.17, 15) is 19.5 Å². The minimum absolute atomic E-state index is 0.0292. The van der Waals surface area contributed by atoms with Crippen molar-refractivity contribution >= 4 is 46.1 Å². The Bertz CT molecular complexity index is 1580. The van der Waals surface area contributed by atoms with E-state index in [4.69, 9.17) is 23.2 Å². The molecule has 0 amide bonds. The van der Waals surface area contributed by atoms with Crippen molar-refractivity contribution in [2.75, 3.05) is 0 Å². The average Bonchev–Trinajstić information content (AvgIpc) is 2.78. The number of fused-ring (bicyclic) bond motifs is 1. The van der Waals surface area contributed by atoms with Crippen molar-refractivity contribution < 1.29 is 5.11 Å². The number of hydrogen-bond donors (Lipinski definition) is 1. The van der Waals surface area contributed by atoms with Crippen molar-refractivity contribution in [1.29, 1.82) is 0 Å². The lowest BCUT2D eigenvalue weighted by Gasteiger charge is -2.16. The van der Waals surface area contributed by atoms with E-state index in [0.29, 0.717) is 16.4 Å². The molecule has 0 atom stereocenters. The van der Waals surface area contributed by atoms with Gasteiger partial charge in [-0.15, -0.1) is 0 Å². The molecular weight excluding hydrogens is 455 g/mol. The standard InChI is InChI=1S/C22H16Cl2N4O4/c1-26-19-17(21(31)27(2)22(26)32)18(29)14(11-25-12-8-9-15(23)16(24)10-12)20(30)28(19)13-6-4-3-5-7-13/h3-11,29H,1-2H3. The van der Waals surface area contributed by atoms with E-state index in [1.54, 1.807) is 42.5 Å². The number of aliphatic imine (C=N–C) groups is 1. The van der Waals surface area contributed by atoms with Crippen LogP contribution in [0.25, 0.3) is 16.7 Å². The molecule has 32 heavy (non-hydrogen) atoms. The molecule has 162 valence electrons. The molecule has 4 rings (SSSR count). The van der Waals surface area contributed by atoms with Gasteiger partial charge < -0.3 is 5.11 Å². The van der Waals surface area contributed by atoms with Gasteiger partial charge in [0.15, 0.2) is 0 Å². The SMILES string of the molecule is Cn1c(=O)c2c(O)c(C=Nc3ccc(Cl)c(Cl)c3)c(=O)n(-c3ccccc3)c2n(C)c1=O. The fraction of sp³-hybridized carbons (Fsp3) is 0.0909. The number of aromatic hydroxyl groups is 1. The highest BCUT2D eigenvalue weighted by atomic mass is 35.5. The van der Waals surface area contributed by atoms with Crippen LogP contribution in [0, 0.1) is 0 Å². The third kappa shape index (κ3) is 3.43. The van der Waals surface area contributed by atoms with Gasteiger partial charge in [0.25, 0.3) is 11.1 Å². The zero-order valence-electron chi connectivity index (χ0n) is 16.9. The number of hydrogen-bond acceptors (Lipinski definition) is 5. The molecule has 2 heterocycles. The van der Waals surface area contributed by atoms with Gasteiger partial charge in [0, 0.05) is 20.3 Å². The van der Waals surface area contributed by atoms with Crippen molar-refractivity contribution in [3.05, 3.63) is 95.3 Å². The van der Waals surface area contributed by atoms with Crippen LogP contribution in [0.4, 0.5) is 5.69 Å². The molecular formula is C22H16Cl2N4O4. The molecule has 0 unspecified atom stereocenters. The Morgan fingerprint density at radius 3 is 2.25 bits per heavy atom. The summed E-state index contributed by atoms with van der Waals surface area (Å²) in [5.74, 6) is -0.572. The summed E-state index contributed by atoms with van der Waals surface area (Å²) < 4.78 is 3.21. The first-order chi connectivity index (χ1) is 15.2. The number of aryl methyl sites for hydroxylation is 1. The molecule has 0 radical (unpaired) electrons. The van der Waals surface area contributed by atoms with Crippen LogP contribution < -0.4 is 16.8 Å². The van der Waals surface area contributed by atoms with E-state index in [1.807, 2.05) is 0 Å². The van der Waals surface area contributed by atoms with Crippen LogP contribution in [0.1, 0.15) is 5.56 Å². The Morgan fingerprint density at radius 1 is 0.906 bits per heavy atom. The zero-order valence-corrected chi connectivity index (χ0v) is 18.4. The smallest absolute Gasteiger partial charge is 0.332 e. The van der Waals surface area contributed by atoms with Gasteiger partial charge >= 0.3 is 5.69 Å². The summed E-state index contributed by atoms with van der Waals surface area (Å²) in [6, 6.07) is 13.1. The molecule has 0 aliphatic carbocycles. The fourth-order valence-corrected chi connectivity index (χ4v) is 3.68. The lowest BCUT2D eigenvalue weighted by Crippen LogP contribution is -2.40. The molecule has 0 bridgehead atoms. The van der Waals surface area contributed by atoms with E-state index < -0.39 is 22.6 Å². The molecule has 4 aromatic rings. The molecule has 10 heteroatoms. The first kappa shape index (κ1) is 21.6. The molecule has 0 saturated carbocycles. The monoisotopic (exact) mass is 470 g/mol. The van der Waals surface area contributed by atoms with Crippen molar-refractivity contribution in [3.8, 4) is 11.4 Å². The second-order valence-electron chi connectivity index (χ2n) is 7.00. The summed E-state index contributed by atoms with van der Waals surface area (Å²) in [5, 5.41) is 11.3. The molecule has 0 aliphatic heterocycles. The first-order valence-electron chi connectivity index (χ1n) is 9.34. The molecule has 0 spiro atoms. The van der Waals surface area contributed by atoms with Gasteiger partial charge in [-0.2, -0.15) is 0 Å². The number of aromatic nitrogens is 3. The predicted molar refractivity (Wildman–Crippen MR) is 125 cm³/mol. The van der Waals surface area contributed by atoms with Crippen LogP contribution in [-0.4, -0.2) is 25.0 Å². The molecule has 2 aromatic heterocycles. The van der Waals surface area contributed by atoms with Gasteiger partial charge in [-0.25, -0.2) is 4.79 Å². The van der Waals surface area contributed by atoms with Crippen molar-refractivity contribution in [2.24, 2.45) is 19.1 Å². The van der Waals surface area contributed by atoms with Crippen LogP contribution in [0.15, 0.2) is 67.9 Å². The van der Waals surface area contributed by atoms with E-state index in [-0.39, 0.29) is 21.6 Å². The van der Waals surface area contributed by atoms with Crippen LogP contribution >= 0.6 is 23.2 Å². The second kappa shape index (κ2) is 8.14. The average molecular weight is 471 g/mol. The quantitative estimate of drug-likeness (QED) is 0.464. The van der Waals surface area contributed by atoms with Gasteiger partial charge in [-0.1, -0.05) is 41.4 Å². The largest absolute Gasteiger partial charge is 0.506 e. The third-order valence-corrected chi connectivity index (χ3v) is 5.77. The Kier molecular flexibility index (Phi) is 5.50.